The van der Waals surface area contributed by atoms with Gasteiger partial charge in [-0.25, -0.2) is 8.42 Å². The van der Waals surface area contributed by atoms with Crippen molar-refractivity contribution < 1.29 is 8.42 Å². The monoisotopic (exact) mass is 261 g/mol. The highest BCUT2D eigenvalue weighted by Crippen LogP contribution is 2.33. The van der Waals surface area contributed by atoms with E-state index in [1.54, 1.807) is 18.2 Å². The average Bonchev–Trinajstić information content (AvgIpc) is 2.22. The van der Waals surface area contributed by atoms with E-state index in [0.717, 1.165) is 10.0 Å². The van der Waals surface area contributed by atoms with E-state index >= 15 is 0 Å². The predicted octanol–water partition coefficient (Wildman–Crippen LogP) is 1.24. The number of fused-ring (bicyclic) bond motifs is 1. The molecule has 1 aliphatic rings. The minimum Gasteiger partial charge on any atom is -0.323 e. The van der Waals surface area contributed by atoms with Crippen molar-refractivity contribution in [3.8, 4) is 0 Å². The van der Waals surface area contributed by atoms with Gasteiger partial charge in [-0.15, -0.1) is 0 Å². The molecular formula is C8H8BrNO2S. The molecule has 3 nitrogen and oxygen atoms in total. The Labute approximate surface area is 85.0 Å². The van der Waals surface area contributed by atoms with Crippen LogP contribution < -0.4 is 5.73 Å². The molecule has 0 amide bonds. The van der Waals surface area contributed by atoms with Crippen LogP contribution in [0.1, 0.15) is 11.6 Å². The SMILES string of the molecule is NC1CS(=O)(=O)c2ccc(Br)cc21. The fraction of sp³-hybridized carbons (Fsp3) is 0.250. The topological polar surface area (TPSA) is 60.2 Å². The van der Waals surface area contributed by atoms with Gasteiger partial charge in [-0.2, -0.15) is 0 Å². The molecule has 0 aliphatic carbocycles. The zero-order valence-electron chi connectivity index (χ0n) is 6.70. The van der Waals surface area contributed by atoms with Gasteiger partial charge in [0.15, 0.2) is 9.84 Å². The van der Waals surface area contributed by atoms with Gasteiger partial charge in [0.05, 0.1) is 10.6 Å². The second-order valence-electron chi connectivity index (χ2n) is 3.07. The quantitative estimate of drug-likeness (QED) is 0.765. The summed E-state index contributed by atoms with van der Waals surface area (Å²) in [7, 11) is -3.12. The summed E-state index contributed by atoms with van der Waals surface area (Å²) in [4.78, 5) is 0.378. The van der Waals surface area contributed by atoms with Gasteiger partial charge in [0.1, 0.15) is 0 Å². The Bertz CT molecular complexity index is 455. The van der Waals surface area contributed by atoms with Crippen molar-refractivity contribution in [3.05, 3.63) is 28.2 Å². The molecule has 1 aromatic rings. The molecule has 0 saturated heterocycles. The molecule has 0 aromatic heterocycles. The maximum absolute atomic E-state index is 11.5. The maximum Gasteiger partial charge on any atom is 0.180 e. The minimum atomic E-state index is -3.12. The van der Waals surface area contributed by atoms with Crippen LogP contribution >= 0.6 is 15.9 Å². The van der Waals surface area contributed by atoms with Gasteiger partial charge in [0, 0.05) is 10.5 Å². The van der Waals surface area contributed by atoms with Crippen molar-refractivity contribution in [1.82, 2.24) is 0 Å². The van der Waals surface area contributed by atoms with Crippen LogP contribution in [-0.4, -0.2) is 14.2 Å². The highest BCUT2D eigenvalue weighted by Gasteiger charge is 2.32. The number of hydrogen-bond acceptors (Lipinski definition) is 3. The molecule has 0 saturated carbocycles. The zero-order valence-corrected chi connectivity index (χ0v) is 9.10. The van der Waals surface area contributed by atoms with Gasteiger partial charge < -0.3 is 5.73 Å². The van der Waals surface area contributed by atoms with Gasteiger partial charge >= 0.3 is 0 Å². The highest BCUT2D eigenvalue weighted by atomic mass is 79.9. The Morgan fingerprint density at radius 1 is 1.46 bits per heavy atom. The van der Waals surface area contributed by atoms with E-state index in [1.165, 1.54) is 0 Å². The van der Waals surface area contributed by atoms with Gasteiger partial charge in [0.2, 0.25) is 0 Å². The second-order valence-corrected chi connectivity index (χ2v) is 5.99. The zero-order chi connectivity index (χ0) is 9.64. The lowest BCUT2D eigenvalue weighted by Gasteiger charge is -2.01. The first-order chi connectivity index (χ1) is 6.00. The third-order valence-electron chi connectivity index (χ3n) is 2.11. The second kappa shape index (κ2) is 2.80. The summed E-state index contributed by atoms with van der Waals surface area (Å²) in [6.07, 6.45) is 0. The molecule has 13 heavy (non-hydrogen) atoms. The summed E-state index contributed by atoms with van der Waals surface area (Å²) in [6, 6.07) is 4.71. The number of sulfone groups is 1. The predicted molar refractivity (Wildman–Crippen MR) is 53.1 cm³/mol. The van der Waals surface area contributed by atoms with Crippen molar-refractivity contribution in [3.63, 3.8) is 0 Å². The number of benzene rings is 1. The number of nitrogens with two attached hydrogens (primary N) is 1. The Balaban J connectivity index is 2.73. The standard InChI is InChI=1S/C8H8BrNO2S/c9-5-1-2-8-6(3-5)7(10)4-13(8,11)12/h1-3,7H,4,10H2. The van der Waals surface area contributed by atoms with E-state index < -0.39 is 9.84 Å². The lowest BCUT2D eigenvalue weighted by molar-refractivity contribution is 0.598. The number of hydrogen-bond donors (Lipinski definition) is 1. The smallest absolute Gasteiger partial charge is 0.180 e. The number of rotatable bonds is 0. The molecule has 1 atom stereocenters. The molecule has 1 heterocycles. The minimum absolute atomic E-state index is 0.0266. The Morgan fingerprint density at radius 2 is 2.15 bits per heavy atom. The Morgan fingerprint density at radius 3 is 2.85 bits per heavy atom. The molecule has 5 heteroatoms. The Kier molecular flexibility index (Phi) is 1.98. The van der Waals surface area contributed by atoms with E-state index in [4.69, 9.17) is 5.73 Å². The highest BCUT2D eigenvalue weighted by molar-refractivity contribution is 9.10. The summed E-state index contributed by atoms with van der Waals surface area (Å²) in [5, 5.41) is 0. The van der Waals surface area contributed by atoms with Gasteiger partial charge in [-0.05, 0) is 23.8 Å². The Hall–Kier alpha value is -0.390. The normalized spacial score (nSPS) is 24.3. The third kappa shape index (κ3) is 1.41. The van der Waals surface area contributed by atoms with Crippen LogP contribution in [0.15, 0.2) is 27.6 Å². The summed E-state index contributed by atoms with van der Waals surface area (Å²) >= 11 is 3.28. The van der Waals surface area contributed by atoms with E-state index in [1.807, 2.05) is 0 Å². The first-order valence-corrected chi connectivity index (χ1v) is 6.23. The molecule has 1 aromatic carbocycles. The summed E-state index contributed by atoms with van der Waals surface area (Å²) < 4.78 is 23.8. The average molecular weight is 262 g/mol. The molecular weight excluding hydrogens is 254 g/mol. The van der Waals surface area contributed by atoms with Crippen LogP contribution in [0.3, 0.4) is 0 Å². The number of halogens is 1. The lowest BCUT2D eigenvalue weighted by atomic mass is 10.1. The van der Waals surface area contributed by atoms with E-state index in [9.17, 15) is 8.42 Å². The van der Waals surface area contributed by atoms with Crippen LogP contribution in [0.25, 0.3) is 0 Å². The molecule has 1 unspecified atom stereocenters. The fourth-order valence-corrected chi connectivity index (χ4v) is 3.56. The largest absolute Gasteiger partial charge is 0.323 e. The lowest BCUT2D eigenvalue weighted by Crippen LogP contribution is -2.11. The van der Waals surface area contributed by atoms with Crippen LogP contribution in [-0.2, 0) is 9.84 Å². The molecule has 0 bridgehead atoms. The van der Waals surface area contributed by atoms with Crippen molar-refractivity contribution in [1.29, 1.82) is 0 Å². The van der Waals surface area contributed by atoms with Crippen LogP contribution in [0, 0.1) is 0 Å². The van der Waals surface area contributed by atoms with Crippen molar-refractivity contribution in [2.45, 2.75) is 10.9 Å². The first-order valence-electron chi connectivity index (χ1n) is 3.78. The van der Waals surface area contributed by atoms with Crippen LogP contribution in [0.4, 0.5) is 0 Å². The first kappa shape index (κ1) is 9.18. The fourth-order valence-electron chi connectivity index (χ4n) is 1.51. The molecule has 0 fully saturated rings. The summed E-state index contributed by atoms with van der Waals surface area (Å²) in [5.74, 6) is 0.0266. The molecule has 2 rings (SSSR count). The molecule has 2 N–H and O–H groups in total. The van der Waals surface area contributed by atoms with Crippen molar-refractivity contribution in [2.75, 3.05) is 5.75 Å². The maximum atomic E-state index is 11.5. The molecule has 0 spiro atoms. The van der Waals surface area contributed by atoms with Gasteiger partial charge in [-0.3, -0.25) is 0 Å². The van der Waals surface area contributed by atoms with Crippen LogP contribution in [0.5, 0.6) is 0 Å². The van der Waals surface area contributed by atoms with E-state index in [0.29, 0.717) is 4.90 Å². The molecule has 0 radical (unpaired) electrons. The van der Waals surface area contributed by atoms with E-state index in [2.05, 4.69) is 15.9 Å². The third-order valence-corrected chi connectivity index (χ3v) is 4.44. The van der Waals surface area contributed by atoms with Gasteiger partial charge in [-0.1, -0.05) is 15.9 Å². The summed E-state index contributed by atoms with van der Waals surface area (Å²) in [6.45, 7) is 0. The summed E-state index contributed by atoms with van der Waals surface area (Å²) in [5.41, 5.74) is 6.41. The van der Waals surface area contributed by atoms with Crippen LogP contribution in [0.2, 0.25) is 0 Å². The molecule has 1 aliphatic heterocycles. The van der Waals surface area contributed by atoms with E-state index in [-0.39, 0.29) is 11.8 Å². The van der Waals surface area contributed by atoms with Crippen molar-refractivity contribution >= 4 is 25.8 Å². The van der Waals surface area contributed by atoms with Gasteiger partial charge in [0.25, 0.3) is 0 Å². The van der Waals surface area contributed by atoms with Crippen molar-refractivity contribution in [2.24, 2.45) is 5.73 Å². The molecule has 70 valence electrons.